The summed E-state index contributed by atoms with van der Waals surface area (Å²) in [6.45, 7) is 4.00. The van der Waals surface area contributed by atoms with Crippen molar-refractivity contribution in [2.75, 3.05) is 32.2 Å². The lowest BCUT2D eigenvalue weighted by Crippen LogP contribution is -2.72. The molecule has 2 saturated heterocycles. The molecule has 1 amide bonds. The van der Waals surface area contributed by atoms with Gasteiger partial charge in [0.1, 0.15) is 5.75 Å². The van der Waals surface area contributed by atoms with E-state index in [1.165, 1.54) is 18.4 Å². The summed E-state index contributed by atoms with van der Waals surface area (Å²) in [5, 5.41) is 0. The molecule has 7 rings (SSSR count). The largest absolute Gasteiger partial charge is 0.495 e. The van der Waals surface area contributed by atoms with E-state index >= 15 is 0 Å². The van der Waals surface area contributed by atoms with Gasteiger partial charge in [0.2, 0.25) is 5.91 Å². The second-order valence-corrected chi connectivity index (χ2v) is 10.0. The van der Waals surface area contributed by atoms with Gasteiger partial charge in [-0.1, -0.05) is 18.6 Å². The molecule has 5 fully saturated rings. The fraction of sp³-hybridized carbons (Fsp3) is 0.708. The van der Waals surface area contributed by atoms with E-state index in [0.29, 0.717) is 12.1 Å². The smallest absolute Gasteiger partial charge is 0.224 e. The van der Waals surface area contributed by atoms with E-state index in [4.69, 9.17) is 9.47 Å². The average molecular weight is 397 g/mol. The minimum absolute atomic E-state index is 0.00546. The summed E-state index contributed by atoms with van der Waals surface area (Å²) in [5.41, 5.74) is 2.50. The van der Waals surface area contributed by atoms with E-state index in [1.54, 1.807) is 14.0 Å². The number of carbonyl (C=O) groups is 1. The molecule has 1 aromatic rings. The van der Waals surface area contributed by atoms with Crippen molar-refractivity contribution in [3.63, 3.8) is 0 Å². The molecule has 6 aliphatic rings. The zero-order valence-corrected chi connectivity index (χ0v) is 17.9. The van der Waals surface area contributed by atoms with E-state index < -0.39 is 0 Å². The summed E-state index contributed by atoms with van der Waals surface area (Å²) in [7, 11) is 3.65. The number of piperidine rings is 1. The Morgan fingerprint density at radius 3 is 2.72 bits per heavy atom. The molecule has 3 spiro atoms. The first kappa shape index (κ1) is 18.2. The van der Waals surface area contributed by atoms with Crippen LogP contribution in [0.25, 0.3) is 0 Å². The monoisotopic (exact) mass is 396 g/mol. The number of hydrogen-bond acceptors (Lipinski definition) is 4. The van der Waals surface area contributed by atoms with E-state index in [9.17, 15) is 4.79 Å². The van der Waals surface area contributed by atoms with Crippen molar-refractivity contribution < 1.29 is 14.3 Å². The Hall–Kier alpha value is -1.59. The average Bonchev–Trinajstić information content (AvgIpc) is 3.13. The van der Waals surface area contributed by atoms with Crippen LogP contribution >= 0.6 is 0 Å². The summed E-state index contributed by atoms with van der Waals surface area (Å²) in [6.07, 6.45) is 8.33. The lowest BCUT2D eigenvalue weighted by Gasteiger charge is -2.63. The van der Waals surface area contributed by atoms with Crippen LogP contribution in [0.15, 0.2) is 18.2 Å². The number of rotatable bonds is 2. The molecule has 5 heteroatoms. The van der Waals surface area contributed by atoms with Crippen molar-refractivity contribution in [2.45, 2.75) is 75.0 Å². The Bertz CT molecular complexity index is 887. The number of hydrogen-bond donors (Lipinski definition) is 0. The van der Waals surface area contributed by atoms with Gasteiger partial charge in [-0.25, -0.2) is 0 Å². The van der Waals surface area contributed by atoms with Gasteiger partial charge in [-0.05, 0) is 56.7 Å². The third kappa shape index (κ3) is 1.80. The first-order valence-corrected chi connectivity index (χ1v) is 11.3. The molecule has 29 heavy (non-hydrogen) atoms. The molecule has 1 aromatic carbocycles. The molecule has 0 N–H and O–H groups in total. The zero-order chi connectivity index (χ0) is 20.0. The number of ether oxygens (including phenoxy) is 2. The van der Waals surface area contributed by atoms with Crippen molar-refractivity contribution in [3.05, 3.63) is 23.8 Å². The van der Waals surface area contributed by atoms with Crippen LogP contribution in [0.2, 0.25) is 0 Å². The minimum Gasteiger partial charge on any atom is -0.495 e. The Kier molecular flexibility index (Phi) is 3.62. The van der Waals surface area contributed by atoms with E-state index in [2.05, 4.69) is 21.9 Å². The van der Waals surface area contributed by atoms with E-state index in [0.717, 1.165) is 56.6 Å². The summed E-state index contributed by atoms with van der Waals surface area (Å²) in [4.78, 5) is 18.2. The second kappa shape index (κ2) is 5.76. The minimum atomic E-state index is -0.120. The Morgan fingerprint density at radius 1 is 1.10 bits per heavy atom. The van der Waals surface area contributed by atoms with Crippen LogP contribution in [0.5, 0.6) is 5.75 Å². The van der Waals surface area contributed by atoms with Crippen LogP contribution in [-0.4, -0.2) is 55.8 Å². The first-order chi connectivity index (χ1) is 14.1. The summed E-state index contributed by atoms with van der Waals surface area (Å²) in [5.74, 6) is 1.02. The number of para-hydroxylation sites is 1. The third-order valence-corrected chi connectivity index (χ3v) is 9.51. The predicted molar refractivity (Wildman–Crippen MR) is 111 cm³/mol. The van der Waals surface area contributed by atoms with Gasteiger partial charge >= 0.3 is 0 Å². The van der Waals surface area contributed by atoms with Crippen molar-refractivity contribution in [2.24, 2.45) is 5.41 Å². The van der Waals surface area contributed by atoms with Gasteiger partial charge in [0.15, 0.2) is 0 Å². The molecule has 3 aliphatic heterocycles. The van der Waals surface area contributed by atoms with E-state index in [1.807, 2.05) is 13.2 Å². The topological polar surface area (TPSA) is 42.0 Å². The molecule has 3 heterocycles. The number of anilines is 1. The number of amides is 1. The Labute approximate surface area is 173 Å². The van der Waals surface area contributed by atoms with Crippen molar-refractivity contribution in [3.8, 4) is 5.75 Å². The lowest BCUT2D eigenvalue weighted by atomic mass is 9.48. The van der Waals surface area contributed by atoms with Crippen molar-refractivity contribution in [1.82, 2.24) is 4.90 Å². The predicted octanol–water partition coefficient (Wildman–Crippen LogP) is 3.50. The third-order valence-electron chi connectivity index (χ3n) is 9.51. The molecule has 5 nitrogen and oxygen atoms in total. The number of nitrogens with zero attached hydrogens (tertiary/aromatic N) is 2. The van der Waals surface area contributed by atoms with Crippen LogP contribution in [0.1, 0.15) is 57.4 Å². The summed E-state index contributed by atoms with van der Waals surface area (Å²) in [6, 6.07) is 6.92. The zero-order valence-electron chi connectivity index (χ0n) is 17.9. The number of carbonyl (C=O) groups excluding carboxylic acids is 1. The Balaban J connectivity index is 1.68. The second-order valence-electron chi connectivity index (χ2n) is 10.0. The van der Waals surface area contributed by atoms with Gasteiger partial charge in [-0.15, -0.1) is 0 Å². The Morgan fingerprint density at radius 2 is 1.97 bits per heavy atom. The maximum Gasteiger partial charge on any atom is 0.224 e. The van der Waals surface area contributed by atoms with Crippen molar-refractivity contribution >= 4 is 11.6 Å². The highest BCUT2D eigenvalue weighted by Crippen LogP contribution is 2.73. The highest BCUT2D eigenvalue weighted by molar-refractivity contribution is 5.99. The molecular formula is C24H32N2O3. The van der Waals surface area contributed by atoms with Gasteiger partial charge < -0.3 is 14.4 Å². The fourth-order valence-electron chi connectivity index (χ4n) is 8.93. The standard InChI is InChI=1S/C24H32N2O3/c1-16(27)26-20-17(6-4-7-18(20)28-2)24-13-15-25-14-8-19(29-3)22(21(24)25)9-5-10-23(24,26)12-11-22/h4,6-7,19,21H,5,8-15H2,1-3H3/t19-,21+,22+,23+,24-/m0/s1. The molecule has 0 radical (unpaired) electrons. The van der Waals surface area contributed by atoms with E-state index in [-0.39, 0.29) is 22.3 Å². The maximum atomic E-state index is 13.2. The highest BCUT2D eigenvalue weighted by Gasteiger charge is 2.77. The molecule has 2 bridgehead atoms. The van der Waals surface area contributed by atoms with Gasteiger partial charge in [-0.2, -0.15) is 0 Å². The van der Waals surface area contributed by atoms with Crippen molar-refractivity contribution in [1.29, 1.82) is 0 Å². The van der Waals surface area contributed by atoms with Gasteiger partial charge in [-0.3, -0.25) is 9.69 Å². The molecule has 3 saturated carbocycles. The number of fused-ring (bicyclic) bond motifs is 4. The first-order valence-electron chi connectivity index (χ1n) is 11.3. The van der Waals surface area contributed by atoms with Crippen LogP contribution in [-0.2, 0) is 14.9 Å². The molecule has 5 atom stereocenters. The quantitative estimate of drug-likeness (QED) is 0.767. The van der Waals surface area contributed by atoms with Crippen LogP contribution < -0.4 is 9.64 Å². The van der Waals surface area contributed by atoms with Gasteiger partial charge in [0.05, 0.1) is 24.4 Å². The molecule has 0 aromatic heterocycles. The lowest BCUT2D eigenvalue weighted by molar-refractivity contribution is -0.139. The van der Waals surface area contributed by atoms with Gasteiger partial charge in [0, 0.05) is 37.5 Å². The maximum absolute atomic E-state index is 13.2. The highest BCUT2D eigenvalue weighted by atomic mass is 16.5. The molecule has 156 valence electrons. The molecule has 0 unspecified atom stereocenters. The normalized spacial score (nSPS) is 42.2. The SMILES string of the molecule is COc1cccc2c1N(C(C)=O)[C@]13CCC[C@@]4(CC1)[C@@H](OC)CCN1CC[C@@]23[C@H]14. The van der Waals surface area contributed by atoms with Crippen LogP contribution in [0.3, 0.4) is 0 Å². The molecule has 3 aliphatic carbocycles. The van der Waals surface area contributed by atoms with Crippen LogP contribution in [0, 0.1) is 5.41 Å². The number of benzene rings is 1. The fourth-order valence-corrected chi connectivity index (χ4v) is 8.93. The molecular weight excluding hydrogens is 364 g/mol. The summed E-state index contributed by atoms with van der Waals surface area (Å²) >= 11 is 0. The van der Waals surface area contributed by atoms with Gasteiger partial charge in [0.25, 0.3) is 0 Å². The summed E-state index contributed by atoms with van der Waals surface area (Å²) < 4.78 is 12.0. The number of methoxy groups -OCH3 is 2. The van der Waals surface area contributed by atoms with Crippen LogP contribution in [0.4, 0.5) is 5.69 Å².